The van der Waals surface area contributed by atoms with Crippen LogP contribution >= 0.6 is 0 Å². The van der Waals surface area contributed by atoms with Crippen LogP contribution in [-0.2, 0) is 7.05 Å². The Kier molecular flexibility index (Phi) is 4.26. The molecule has 0 aliphatic rings. The first-order valence-electron chi connectivity index (χ1n) is 8.27. The van der Waals surface area contributed by atoms with E-state index in [0.717, 1.165) is 16.9 Å². The Hall–Kier alpha value is -4.15. The fraction of sp³-hybridized carbons (Fsp3) is 0.0556. The molecule has 0 unspecified atom stereocenters. The van der Waals surface area contributed by atoms with Gasteiger partial charge in [0.1, 0.15) is 12.0 Å². The number of aromatic nitrogens is 4. The molecule has 4 aromatic rings. The first-order valence-corrected chi connectivity index (χ1v) is 8.27. The van der Waals surface area contributed by atoms with Crippen molar-refractivity contribution in [1.82, 2.24) is 19.7 Å². The molecule has 9 nitrogen and oxygen atoms in total. The molecule has 1 amide bonds. The average Bonchev–Trinajstić information content (AvgIpc) is 3.27. The smallest absolute Gasteiger partial charge is 0.320 e. The topological polar surface area (TPSA) is 119 Å². The molecule has 2 heterocycles. The number of anilines is 1. The molecule has 0 saturated heterocycles. The molecular weight excluding hydrogens is 386 g/mol. The standard InChI is InChI=1S/C18H12F2N6O3/c1-25-16(14(8-21-25)26(28)29)18(27)22-9-5-6-12-13(7-9)24-17(23-12)10-3-2-4-11(19)15(10)20/h2-8H,1H3,(H,22,27)(H,23,24). The van der Waals surface area contributed by atoms with E-state index in [2.05, 4.69) is 20.4 Å². The van der Waals surface area contributed by atoms with E-state index in [4.69, 9.17) is 0 Å². The molecule has 0 fully saturated rings. The zero-order valence-corrected chi connectivity index (χ0v) is 14.8. The van der Waals surface area contributed by atoms with Gasteiger partial charge in [0.15, 0.2) is 11.6 Å². The number of imidazole rings is 1. The van der Waals surface area contributed by atoms with Crippen LogP contribution in [0.2, 0.25) is 0 Å². The second kappa shape index (κ2) is 6.78. The summed E-state index contributed by atoms with van der Waals surface area (Å²) in [6.07, 6.45) is 0.993. The third-order valence-corrected chi connectivity index (χ3v) is 4.28. The highest BCUT2D eigenvalue weighted by Gasteiger charge is 2.25. The van der Waals surface area contributed by atoms with Crippen molar-refractivity contribution in [1.29, 1.82) is 0 Å². The van der Waals surface area contributed by atoms with Crippen LogP contribution in [-0.4, -0.2) is 30.6 Å². The van der Waals surface area contributed by atoms with Gasteiger partial charge in [-0.1, -0.05) is 6.07 Å². The first kappa shape index (κ1) is 18.2. The number of hydrogen-bond acceptors (Lipinski definition) is 5. The van der Waals surface area contributed by atoms with Crippen molar-refractivity contribution in [2.75, 3.05) is 5.32 Å². The Balaban J connectivity index is 1.67. The minimum Gasteiger partial charge on any atom is -0.338 e. The molecule has 0 radical (unpaired) electrons. The van der Waals surface area contributed by atoms with Gasteiger partial charge < -0.3 is 10.3 Å². The summed E-state index contributed by atoms with van der Waals surface area (Å²) in [4.78, 5) is 29.9. The van der Waals surface area contributed by atoms with Crippen molar-refractivity contribution >= 4 is 28.3 Å². The molecule has 0 bridgehead atoms. The Labute approximate surface area is 161 Å². The lowest BCUT2D eigenvalue weighted by molar-refractivity contribution is -0.385. The van der Waals surface area contributed by atoms with Gasteiger partial charge in [0.25, 0.3) is 5.91 Å². The van der Waals surface area contributed by atoms with E-state index in [1.54, 1.807) is 6.07 Å². The monoisotopic (exact) mass is 398 g/mol. The van der Waals surface area contributed by atoms with Crippen LogP contribution < -0.4 is 5.32 Å². The van der Waals surface area contributed by atoms with Gasteiger partial charge in [-0.15, -0.1) is 0 Å². The zero-order valence-electron chi connectivity index (χ0n) is 14.8. The average molecular weight is 398 g/mol. The lowest BCUT2D eigenvalue weighted by Gasteiger charge is -2.05. The number of nitrogens with one attached hydrogen (secondary N) is 2. The van der Waals surface area contributed by atoms with Gasteiger partial charge in [0.05, 0.1) is 21.5 Å². The first-order chi connectivity index (χ1) is 13.8. The fourth-order valence-corrected chi connectivity index (χ4v) is 2.91. The second-order valence-corrected chi connectivity index (χ2v) is 6.13. The molecule has 2 aromatic heterocycles. The minimum atomic E-state index is -1.02. The number of aryl methyl sites for hydroxylation is 1. The molecule has 0 aliphatic heterocycles. The third-order valence-electron chi connectivity index (χ3n) is 4.28. The van der Waals surface area contributed by atoms with Crippen LogP contribution in [0.15, 0.2) is 42.6 Å². The summed E-state index contributed by atoms with van der Waals surface area (Å²) in [5, 5.41) is 17.3. The van der Waals surface area contributed by atoms with Crippen molar-refractivity contribution in [3.63, 3.8) is 0 Å². The summed E-state index contributed by atoms with van der Waals surface area (Å²) < 4.78 is 28.6. The quantitative estimate of drug-likeness (QED) is 0.403. The maximum atomic E-state index is 14.0. The summed E-state index contributed by atoms with van der Waals surface area (Å²) in [6.45, 7) is 0. The summed E-state index contributed by atoms with van der Waals surface area (Å²) >= 11 is 0. The second-order valence-electron chi connectivity index (χ2n) is 6.13. The number of rotatable bonds is 4. The fourth-order valence-electron chi connectivity index (χ4n) is 2.91. The van der Waals surface area contributed by atoms with Crippen LogP contribution in [0.4, 0.5) is 20.2 Å². The number of benzene rings is 2. The van der Waals surface area contributed by atoms with E-state index in [0.29, 0.717) is 16.7 Å². The van der Waals surface area contributed by atoms with Crippen LogP contribution in [0.25, 0.3) is 22.4 Å². The molecule has 0 saturated carbocycles. The van der Waals surface area contributed by atoms with E-state index in [-0.39, 0.29) is 17.1 Å². The normalized spacial score (nSPS) is 11.0. The number of aromatic amines is 1. The van der Waals surface area contributed by atoms with Gasteiger partial charge in [0, 0.05) is 12.7 Å². The maximum Gasteiger partial charge on any atom is 0.320 e. The number of H-pyrrole nitrogens is 1. The molecule has 29 heavy (non-hydrogen) atoms. The molecular formula is C18H12F2N6O3. The van der Waals surface area contributed by atoms with Crippen molar-refractivity contribution in [2.24, 2.45) is 7.05 Å². The molecule has 146 valence electrons. The van der Waals surface area contributed by atoms with Crippen molar-refractivity contribution < 1.29 is 18.5 Å². The van der Waals surface area contributed by atoms with E-state index < -0.39 is 28.2 Å². The van der Waals surface area contributed by atoms with Gasteiger partial charge in [-0.2, -0.15) is 5.10 Å². The van der Waals surface area contributed by atoms with Crippen molar-refractivity contribution in [3.8, 4) is 11.4 Å². The van der Waals surface area contributed by atoms with Crippen molar-refractivity contribution in [2.45, 2.75) is 0 Å². The molecule has 0 spiro atoms. The Morgan fingerprint density at radius 3 is 2.83 bits per heavy atom. The Morgan fingerprint density at radius 2 is 2.07 bits per heavy atom. The largest absolute Gasteiger partial charge is 0.338 e. The number of fused-ring (bicyclic) bond motifs is 1. The zero-order chi connectivity index (χ0) is 20.7. The van der Waals surface area contributed by atoms with Gasteiger partial charge in [-0.3, -0.25) is 19.6 Å². The van der Waals surface area contributed by atoms with Crippen LogP contribution in [0, 0.1) is 21.7 Å². The molecule has 4 rings (SSSR count). The maximum absolute atomic E-state index is 14.0. The van der Waals surface area contributed by atoms with E-state index in [9.17, 15) is 23.7 Å². The van der Waals surface area contributed by atoms with Gasteiger partial charge in [-0.25, -0.2) is 13.8 Å². The molecule has 2 aromatic carbocycles. The SMILES string of the molecule is Cn1ncc([N+](=O)[O-])c1C(=O)Nc1ccc2nc(-c3cccc(F)c3F)[nH]c2c1. The van der Waals surface area contributed by atoms with E-state index >= 15 is 0 Å². The van der Waals surface area contributed by atoms with Crippen LogP contribution in [0.1, 0.15) is 10.5 Å². The minimum absolute atomic E-state index is 0.0303. The molecule has 11 heteroatoms. The summed E-state index contributed by atoms with van der Waals surface area (Å²) in [7, 11) is 1.42. The number of nitro groups is 1. The lowest BCUT2D eigenvalue weighted by atomic mass is 10.2. The predicted molar refractivity (Wildman–Crippen MR) is 99.3 cm³/mol. The number of carbonyl (C=O) groups is 1. The highest BCUT2D eigenvalue weighted by atomic mass is 19.2. The summed E-state index contributed by atoms with van der Waals surface area (Å²) in [5.74, 6) is -2.60. The molecule has 0 aliphatic carbocycles. The molecule has 0 atom stereocenters. The Morgan fingerprint density at radius 1 is 1.28 bits per heavy atom. The Bertz CT molecular complexity index is 1280. The highest BCUT2D eigenvalue weighted by molar-refractivity contribution is 6.06. The van der Waals surface area contributed by atoms with Gasteiger partial charge in [0.2, 0.25) is 5.69 Å². The number of nitrogens with zero attached hydrogens (tertiary/aromatic N) is 4. The van der Waals surface area contributed by atoms with Gasteiger partial charge in [-0.05, 0) is 30.3 Å². The number of halogens is 2. The number of amides is 1. The summed E-state index contributed by atoms with van der Waals surface area (Å²) in [6, 6.07) is 8.40. The third kappa shape index (κ3) is 3.18. The number of carbonyl (C=O) groups excluding carboxylic acids is 1. The van der Waals surface area contributed by atoms with E-state index in [1.807, 2.05) is 0 Å². The van der Waals surface area contributed by atoms with Gasteiger partial charge >= 0.3 is 5.69 Å². The summed E-state index contributed by atoms with van der Waals surface area (Å²) in [5.41, 5.74) is 0.595. The molecule has 2 N–H and O–H groups in total. The predicted octanol–water partition coefficient (Wildman–Crippen LogP) is 3.40. The lowest BCUT2D eigenvalue weighted by Crippen LogP contribution is -2.17. The van der Waals surface area contributed by atoms with Crippen molar-refractivity contribution in [3.05, 3.63) is 70.0 Å². The highest BCUT2D eigenvalue weighted by Crippen LogP contribution is 2.26. The van der Waals surface area contributed by atoms with Crippen LogP contribution in [0.3, 0.4) is 0 Å². The van der Waals surface area contributed by atoms with E-state index in [1.165, 1.54) is 31.3 Å². The van der Waals surface area contributed by atoms with Crippen LogP contribution in [0.5, 0.6) is 0 Å². The number of hydrogen-bond donors (Lipinski definition) is 2.